The first kappa shape index (κ1) is 18.3. The molecule has 2 rings (SSSR count). The Morgan fingerprint density at radius 3 is 2.60 bits per heavy atom. The second-order valence-electron chi connectivity index (χ2n) is 4.88. The van der Waals surface area contributed by atoms with Crippen molar-refractivity contribution < 1.29 is 22.7 Å². The lowest BCUT2D eigenvalue weighted by molar-refractivity contribution is -0.141. The Labute approximate surface area is 141 Å². The molecule has 0 spiro atoms. The molecule has 0 aliphatic rings. The summed E-state index contributed by atoms with van der Waals surface area (Å²) in [5, 5.41) is 5.35. The molecule has 10 heteroatoms. The van der Waals surface area contributed by atoms with Crippen LogP contribution in [0.25, 0.3) is 0 Å². The number of nitrogens with two attached hydrogens (primary N) is 1. The van der Waals surface area contributed by atoms with Gasteiger partial charge in [-0.05, 0) is 30.7 Å². The summed E-state index contributed by atoms with van der Waals surface area (Å²) in [4.78, 5) is 18.8. The normalized spacial score (nSPS) is 11.0. The van der Waals surface area contributed by atoms with E-state index < -0.39 is 18.0 Å². The summed E-state index contributed by atoms with van der Waals surface area (Å²) in [7, 11) is 0. The Balaban J connectivity index is 1.97. The molecule has 0 aliphatic heterocycles. The SMILES string of the molecule is CCOC(=O)Nc1ccc(NCc2ccc(C(F)(F)F)nc2)nc1N. The minimum atomic E-state index is -4.47. The molecule has 0 saturated heterocycles. The highest BCUT2D eigenvalue weighted by Gasteiger charge is 2.31. The van der Waals surface area contributed by atoms with Crippen LogP contribution in [0.5, 0.6) is 0 Å². The van der Waals surface area contributed by atoms with E-state index in [2.05, 4.69) is 20.6 Å². The van der Waals surface area contributed by atoms with E-state index in [0.717, 1.165) is 12.3 Å². The van der Waals surface area contributed by atoms with Crippen molar-refractivity contribution in [2.45, 2.75) is 19.6 Å². The molecule has 2 aromatic heterocycles. The number of amides is 1. The number of rotatable bonds is 5. The molecular weight excluding hydrogens is 339 g/mol. The van der Waals surface area contributed by atoms with Crippen LogP contribution in [0, 0.1) is 0 Å². The summed E-state index contributed by atoms with van der Waals surface area (Å²) in [5.74, 6) is 0.468. The van der Waals surface area contributed by atoms with Crippen LogP contribution in [0.2, 0.25) is 0 Å². The van der Waals surface area contributed by atoms with Crippen LogP contribution < -0.4 is 16.4 Å². The summed E-state index contributed by atoms with van der Waals surface area (Å²) in [5.41, 5.74) is 5.63. The van der Waals surface area contributed by atoms with Crippen molar-refractivity contribution in [2.75, 3.05) is 23.0 Å². The van der Waals surface area contributed by atoms with Gasteiger partial charge in [0.15, 0.2) is 0 Å². The van der Waals surface area contributed by atoms with Gasteiger partial charge in [-0.2, -0.15) is 13.2 Å². The van der Waals surface area contributed by atoms with E-state index in [-0.39, 0.29) is 19.0 Å². The number of nitrogens with one attached hydrogen (secondary N) is 2. The van der Waals surface area contributed by atoms with Crippen LogP contribution in [0.1, 0.15) is 18.2 Å². The number of pyridine rings is 2. The molecule has 25 heavy (non-hydrogen) atoms. The molecule has 2 heterocycles. The second kappa shape index (κ2) is 7.69. The molecule has 0 bridgehead atoms. The molecule has 2 aromatic rings. The fraction of sp³-hybridized carbons (Fsp3) is 0.267. The zero-order chi connectivity index (χ0) is 18.4. The number of aromatic nitrogens is 2. The highest BCUT2D eigenvalue weighted by atomic mass is 19.4. The molecule has 0 unspecified atom stereocenters. The van der Waals surface area contributed by atoms with E-state index in [1.54, 1.807) is 13.0 Å². The minimum absolute atomic E-state index is 0.0728. The van der Waals surface area contributed by atoms with Crippen LogP contribution in [-0.4, -0.2) is 22.7 Å². The summed E-state index contributed by atoms with van der Waals surface area (Å²) in [6, 6.07) is 5.33. The number of halogens is 3. The first-order valence-corrected chi connectivity index (χ1v) is 7.26. The highest BCUT2D eigenvalue weighted by Crippen LogP contribution is 2.27. The maximum Gasteiger partial charge on any atom is 0.433 e. The van der Waals surface area contributed by atoms with Gasteiger partial charge in [-0.25, -0.2) is 9.78 Å². The van der Waals surface area contributed by atoms with Gasteiger partial charge in [-0.1, -0.05) is 6.07 Å². The lowest BCUT2D eigenvalue weighted by Gasteiger charge is -2.11. The summed E-state index contributed by atoms with van der Waals surface area (Å²) < 4.78 is 42.1. The summed E-state index contributed by atoms with van der Waals surface area (Å²) in [6.07, 6.45) is -3.98. The Morgan fingerprint density at radius 2 is 2.04 bits per heavy atom. The van der Waals surface area contributed by atoms with E-state index >= 15 is 0 Å². The lowest BCUT2D eigenvalue weighted by atomic mass is 10.2. The van der Waals surface area contributed by atoms with E-state index in [1.807, 2.05) is 0 Å². The van der Waals surface area contributed by atoms with E-state index in [0.29, 0.717) is 17.1 Å². The zero-order valence-corrected chi connectivity index (χ0v) is 13.2. The fourth-order valence-electron chi connectivity index (χ4n) is 1.85. The van der Waals surface area contributed by atoms with Gasteiger partial charge in [-0.15, -0.1) is 0 Å². The zero-order valence-electron chi connectivity index (χ0n) is 13.2. The Morgan fingerprint density at radius 1 is 1.28 bits per heavy atom. The van der Waals surface area contributed by atoms with Crippen LogP contribution in [0.4, 0.5) is 35.3 Å². The number of carbonyl (C=O) groups is 1. The molecule has 0 radical (unpaired) electrons. The standard InChI is InChI=1S/C15H16F3N5O2/c1-2-25-14(24)22-10-4-6-12(23-13(10)19)21-8-9-3-5-11(20-7-9)15(16,17)18/h3-7H,2,8H2,1H3,(H,22,24)(H3,19,21,23). The van der Waals surface area contributed by atoms with Crippen molar-refractivity contribution in [3.8, 4) is 0 Å². The van der Waals surface area contributed by atoms with Gasteiger partial charge in [0, 0.05) is 12.7 Å². The number of alkyl halides is 3. The van der Waals surface area contributed by atoms with Crippen molar-refractivity contribution in [3.63, 3.8) is 0 Å². The molecule has 0 aliphatic carbocycles. The lowest BCUT2D eigenvalue weighted by Crippen LogP contribution is -2.15. The van der Waals surface area contributed by atoms with Gasteiger partial charge < -0.3 is 15.8 Å². The van der Waals surface area contributed by atoms with Crippen molar-refractivity contribution in [3.05, 3.63) is 41.7 Å². The molecule has 1 amide bonds. The number of carbonyl (C=O) groups excluding carboxylic acids is 1. The van der Waals surface area contributed by atoms with Crippen LogP contribution in [0.3, 0.4) is 0 Å². The molecule has 0 aromatic carbocycles. The Bertz CT molecular complexity index is 735. The molecule has 7 nitrogen and oxygen atoms in total. The number of nitrogens with zero attached hydrogens (tertiary/aromatic N) is 2. The van der Waals surface area contributed by atoms with Crippen molar-refractivity contribution in [1.29, 1.82) is 0 Å². The van der Waals surface area contributed by atoms with E-state index in [9.17, 15) is 18.0 Å². The van der Waals surface area contributed by atoms with Gasteiger partial charge in [0.25, 0.3) is 0 Å². The third-order valence-corrected chi connectivity index (χ3v) is 3.03. The topological polar surface area (TPSA) is 102 Å². The molecular formula is C15H16F3N5O2. The minimum Gasteiger partial charge on any atom is -0.450 e. The first-order valence-electron chi connectivity index (χ1n) is 7.26. The van der Waals surface area contributed by atoms with Crippen LogP contribution in [0.15, 0.2) is 30.5 Å². The van der Waals surface area contributed by atoms with Crippen molar-refractivity contribution >= 4 is 23.4 Å². The van der Waals surface area contributed by atoms with Gasteiger partial charge in [0.1, 0.15) is 17.3 Å². The number of hydrogen-bond donors (Lipinski definition) is 3. The first-order chi connectivity index (χ1) is 11.8. The number of hydrogen-bond acceptors (Lipinski definition) is 6. The molecule has 4 N–H and O–H groups in total. The number of nitrogen functional groups attached to an aromatic ring is 1. The maximum atomic E-state index is 12.5. The smallest absolute Gasteiger partial charge is 0.433 e. The average Bonchev–Trinajstić information content (AvgIpc) is 2.55. The van der Waals surface area contributed by atoms with Gasteiger partial charge in [0.2, 0.25) is 0 Å². The third kappa shape index (κ3) is 5.23. The monoisotopic (exact) mass is 355 g/mol. The molecule has 0 fully saturated rings. The van der Waals surface area contributed by atoms with Crippen LogP contribution >= 0.6 is 0 Å². The number of anilines is 3. The van der Waals surface area contributed by atoms with Gasteiger partial charge in [0.05, 0.1) is 12.3 Å². The van der Waals surface area contributed by atoms with Gasteiger partial charge >= 0.3 is 12.3 Å². The highest BCUT2D eigenvalue weighted by molar-refractivity contribution is 5.88. The Kier molecular flexibility index (Phi) is 5.63. The van der Waals surface area contributed by atoms with Gasteiger partial charge in [-0.3, -0.25) is 10.3 Å². The fourth-order valence-corrected chi connectivity index (χ4v) is 1.85. The largest absolute Gasteiger partial charge is 0.450 e. The predicted octanol–water partition coefficient (Wildman–Crippen LogP) is 3.26. The van der Waals surface area contributed by atoms with Crippen molar-refractivity contribution in [1.82, 2.24) is 9.97 Å². The average molecular weight is 355 g/mol. The molecule has 0 saturated carbocycles. The quantitative estimate of drug-likeness (QED) is 0.761. The predicted molar refractivity (Wildman–Crippen MR) is 85.9 cm³/mol. The number of ether oxygens (including phenoxy) is 1. The third-order valence-electron chi connectivity index (χ3n) is 3.03. The molecule has 0 atom stereocenters. The van der Waals surface area contributed by atoms with Crippen molar-refractivity contribution in [2.24, 2.45) is 0 Å². The maximum absolute atomic E-state index is 12.5. The van der Waals surface area contributed by atoms with Crippen LogP contribution in [-0.2, 0) is 17.5 Å². The summed E-state index contributed by atoms with van der Waals surface area (Å²) in [6.45, 7) is 2.10. The summed E-state index contributed by atoms with van der Waals surface area (Å²) >= 11 is 0. The van der Waals surface area contributed by atoms with E-state index in [1.165, 1.54) is 12.1 Å². The second-order valence-corrected chi connectivity index (χ2v) is 4.88. The van der Waals surface area contributed by atoms with E-state index in [4.69, 9.17) is 10.5 Å². The molecule has 134 valence electrons. The Hall–Kier alpha value is -3.04.